The van der Waals surface area contributed by atoms with E-state index in [9.17, 15) is 13.2 Å². The Morgan fingerprint density at radius 3 is 2.55 bits per heavy atom. The average molecular weight is 406 g/mol. The maximum atomic E-state index is 12.6. The quantitative estimate of drug-likeness (QED) is 0.584. The highest BCUT2D eigenvalue weighted by Crippen LogP contribution is 2.29. The van der Waals surface area contributed by atoms with E-state index in [2.05, 4.69) is 21.2 Å². The summed E-state index contributed by atoms with van der Waals surface area (Å²) in [5, 5.41) is 0. The minimum atomic E-state index is -4.74. The molecular weight excluding hydrogens is 381 g/mol. The molecule has 3 rings (SSSR count). The first-order valence-electron chi connectivity index (χ1n) is 9.60. The largest absolute Gasteiger partial charge is 0.573 e. The number of hydrogen-bond acceptors (Lipinski definition) is 4. The Hall–Kier alpha value is -2.54. The third-order valence-electron chi connectivity index (χ3n) is 4.82. The van der Waals surface area contributed by atoms with Gasteiger partial charge in [0.1, 0.15) is 12.4 Å². The van der Waals surface area contributed by atoms with E-state index in [4.69, 9.17) is 4.74 Å². The molecule has 1 fully saturated rings. The van der Waals surface area contributed by atoms with E-state index in [-0.39, 0.29) is 12.4 Å². The number of likely N-dealkylation sites (tertiary alicyclic amines) is 1. The first kappa shape index (κ1) is 21.2. The standard InChI is InChI=1S/C22H25F3N2O2/c1-16(2)14-27-12-10-17(11-13-27)19-7-5-9-21(26-19)28-15-18-6-3-4-8-20(18)29-22(23,24)25/h3-9,17H,1,10-15H2,2H3. The number of halogens is 3. The van der Waals surface area contributed by atoms with Crippen molar-refractivity contribution in [3.8, 4) is 11.6 Å². The van der Waals surface area contributed by atoms with Crippen molar-refractivity contribution in [3.05, 3.63) is 65.9 Å². The normalized spacial score (nSPS) is 15.9. The lowest BCUT2D eigenvalue weighted by Crippen LogP contribution is -2.34. The zero-order valence-corrected chi connectivity index (χ0v) is 16.4. The van der Waals surface area contributed by atoms with Gasteiger partial charge in [0.25, 0.3) is 0 Å². The second kappa shape index (κ2) is 9.31. The van der Waals surface area contributed by atoms with Crippen LogP contribution < -0.4 is 9.47 Å². The fourth-order valence-corrected chi connectivity index (χ4v) is 3.51. The first-order valence-corrected chi connectivity index (χ1v) is 9.60. The Bertz CT molecular complexity index is 831. The molecule has 0 amide bonds. The molecule has 1 aliphatic rings. The molecule has 1 saturated heterocycles. The van der Waals surface area contributed by atoms with Gasteiger partial charge >= 0.3 is 6.36 Å². The van der Waals surface area contributed by atoms with Crippen LogP contribution in [0.3, 0.4) is 0 Å². The van der Waals surface area contributed by atoms with Gasteiger partial charge in [0.15, 0.2) is 0 Å². The number of nitrogens with zero attached hydrogens (tertiary/aromatic N) is 2. The summed E-state index contributed by atoms with van der Waals surface area (Å²) in [6.07, 6.45) is -2.73. The van der Waals surface area contributed by atoms with Crippen LogP contribution in [0.4, 0.5) is 13.2 Å². The number of para-hydroxylation sites is 1. The van der Waals surface area contributed by atoms with Gasteiger partial charge in [0, 0.05) is 29.8 Å². The van der Waals surface area contributed by atoms with Gasteiger partial charge in [0.05, 0.1) is 0 Å². The van der Waals surface area contributed by atoms with Crippen molar-refractivity contribution in [1.29, 1.82) is 0 Å². The lowest BCUT2D eigenvalue weighted by atomic mass is 9.93. The molecule has 29 heavy (non-hydrogen) atoms. The Labute approximate surface area is 169 Å². The summed E-state index contributed by atoms with van der Waals surface area (Å²) in [7, 11) is 0. The third-order valence-corrected chi connectivity index (χ3v) is 4.82. The number of ether oxygens (including phenoxy) is 2. The maximum absolute atomic E-state index is 12.6. The molecule has 1 aromatic carbocycles. The van der Waals surface area contributed by atoms with E-state index in [1.807, 2.05) is 19.1 Å². The zero-order valence-electron chi connectivity index (χ0n) is 16.4. The molecule has 7 heteroatoms. The summed E-state index contributed by atoms with van der Waals surface area (Å²) in [6.45, 7) is 8.85. The smallest absolute Gasteiger partial charge is 0.473 e. The van der Waals surface area contributed by atoms with Gasteiger partial charge in [-0.2, -0.15) is 0 Å². The van der Waals surface area contributed by atoms with Crippen LogP contribution >= 0.6 is 0 Å². The molecule has 0 saturated carbocycles. The predicted octanol–water partition coefficient (Wildman–Crippen LogP) is 5.31. The minimum absolute atomic E-state index is 0.0558. The zero-order chi connectivity index (χ0) is 20.9. The van der Waals surface area contributed by atoms with Crippen molar-refractivity contribution in [3.63, 3.8) is 0 Å². The Kier molecular flexibility index (Phi) is 6.79. The van der Waals surface area contributed by atoms with Gasteiger partial charge in [-0.1, -0.05) is 36.4 Å². The van der Waals surface area contributed by atoms with Crippen molar-refractivity contribution < 1.29 is 22.6 Å². The number of rotatable bonds is 7. The summed E-state index contributed by atoms with van der Waals surface area (Å²) in [4.78, 5) is 6.97. The first-order chi connectivity index (χ1) is 13.8. The fourth-order valence-electron chi connectivity index (χ4n) is 3.51. The summed E-state index contributed by atoms with van der Waals surface area (Å²) in [5.74, 6) is 0.482. The van der Waals surface area contributed by atoms with Gasteiger partial charge in [-0.25, -0.2) is 4.98 Å². The van der Waals surface area contributed by atoms with E-state index in [1.54, 1.807) is 18.2 Å². The molecule has 0 bridgehead atoms. The van der Waals surface area contributed by atoms with Gasteiger partial charge in [-0.15, -0.1) is 13.2 Å². The highest BCUT2D eigenvalue weighted by molar-refractivity contribution is 5.33. The van der Waals surface area contributed by atoms with Crippen LogP contribution in [0, 0.1) is 0 Å². The van der Waals surface area contributed by atoms with Gasteiger partial charge in [-0.05, 0) is 45.0 Å². The SMILES string of the molecule is C=C(C)CN1CCC(c2cccc(OCc3ccccc3OC(F)(F)F)n2)CC1. The molecule has 2 aromatic rings. The topological polar surface area (TPSA) is 34.6 Å². The van der Waals surface area contributed by atoms with Gasteiger partial charge in [-0.3, -0.25) is 4.90 Å². The fraction of sp³-hybridized carbons (Fsp3) is 0.409. The van der Waals surface area contributed by atoms with Gasteiger partial charge in [0.2, 0.25) is 5.88 Å². The molecule has 1 aromatic heterocycles. The summed E-state index contributed by atoms with van der Waals surface area (Å²) in [6, 6.07) is 11.5. The molecule has 0 aliphatic carbocycles. The summed E-state index contributed by atoms with van der Waals surface area (Å²) in [5.41, 5.74) is 2.43. The molecular formula is C22H25F3N2O2. The van der Waals surface area contributed by atoms with Crippen molar-refractivity contribution in [1.82, 2.24) is 9.88 Å². The molecule has 0 radical (unpaired) electrons. The van der Waals surface area contributed by atoms with Crippen LogP contribution in [-0.4, -0.2) is 35.9 Å². The van der Waals surface area contributed by atoms with E-state index in [0.717, 1.165) is 43.7 Å². The molecule has 156 valence electrons. The molecule has 0 atom stereocenters. The van der Waals surface area contributed by atoms with Crippen LogP contribution in [-0.2, 0) is 6.61 Å². The predicted molar refractivity (Wildman–Crippen MR) is 105 cm³/mol. The average Bonchev–Trinajstić information content (AvgIpc) is 2.66. The van der Waals surface area contributed by atoms with Crippen molar-refractivity contribution in [2.24, 2.45) is 0 Å². The Morgan fingerprint density at radius 2 is 1.86 bits per heavy atom. The number of alkyl halides is 3. The minimum Gasteiger partial charge on any atom is -0.473 e. The molecule has 0 N–H and O–H groups in total. The molecule has 2 heterocycles. The van der Waals surface area contributed by atoms with E-state index < -0.39 is 6.36 Å². The lowest BCUT2D eigenvalue weighted by Gasteiger charge is -2.31. The highest BCUT2D eigenvalue weighted by Gasteiger charge is 2.32. The second-order valence-electron chi connectivity index (χ2n) is 7.35. The number of pyridine rings is 1. The number of benzene rings is 1. The number of piperidine rings is 1. The van der Waals surface area contributed by atoms with Crippen molar-refractivity contribution >= 4 is 0 Å². The van der Waals surface area contributed by atoms with Gasteiger partial charge < -0.3 is 9.47 Å². The van der Waals surface area contributed by atoms with Crippen molar-refractivity contribution in [2.45, 2.75) is 38.7 Å². The summed E-state index contributed by atoms with van der Waals surface area (Å²) >= 11 is 0. The van der Waals surface area contributed by atoms with Crippen molar-refractivity contribution in [2.75, 3.05) is 19.6 Å². The second-order valence-corrected chi connectivity index (χ2v) is 7.35. The van der Waals surface area contributed by atoms with Crippen LogP contribution in [0.25, 0.3) is 0 Å². The van der Waals surface area contributed by atoms with Crippen LogP contribution in [0.5, 0.6) is 11.6 Å². The van der Waals surface area contributed by atoms with E-state index in [0.29, 0.717) is 17.4 Å². The van der Waals surface area contributed by atoms with Crippen LogP contribution in [0.2, 0.25) is 0 Å². The molecule has 1 aliphatic heterocycles. The maximum Gasteiger partial charge on any atom is 0.573 e. The van der Waals surface area contributed by atoms with Crippen LogP contribution in [0.15, 0.2) is 54.6 Å². The summed E-state index contributed by atoms with van der Waals surface area (Å²) < 4.78 is 47.4. The number of hydrogen-bond donors (Lipinski definition) is 0. The molecule has 0 unspecified atom stereocenters. The molecule has 4 nitrogen and oxygen atoms in total. The molecule has 0 spiro atoms. The Morgan fingerprint density at radius 1 is 1.14 bits per heavy atom. The highest BCUT2D eigenvalue weighted by atomic mass is 19.4. The van der Waals surface area contributed by atoms with E-state index in [1.165, 1.54) is 12.1 Å². The lowest BCUT2D eigenvalue weighted by molar-refractivity contribution is -0.275. The van der Waals surface area contributed by atoms with E-state index >= 15 is 0 Å². The van der Waals surface area contributed by atoms with Crippen LogP contribution in [0.1, 0.15) is 36.9 Å². The number of aromatic nitrogens is 1. The monoisotopic (exact) mass is 406 g/mol. The Balaban J connectivity index is 1.61. The third kappa shape index (κ3) is 6.49.